The first-order valence-corrected chi connectivity index (χ1v) is 15.2. The van der Waals surface area contributed by atoms with Crippen LogP contribution < -0.4 is 0 Å². The second-order valence-electron chi connectivity index (χ2n) is 13.3. The van der Waals surface area contributed by atoms with Gasteiger partial charge in [0.2, 0.25) is 11.8 Å². The van der Waals surface area contributed by atoms with E-state index >= 15 is 0 Å². The number of ether oxygens (including phenoxy) is 2. The molecule has 2 aliphatic rings. The molecule has 9 nitrogen and oxygen atoms in total. The molecular weight excluding hydrogens is 556 g/mol. The van der Waals surface area contributed by atoms with Gasteiger partial charge in [-0.1, -0.05) is 36.4 Å². The Balaban J connectivity index is 1.22. The molecule has 0 unspecified atom stereocenters. The Morgan fingerprint density at radius 3 is 1.66 bits per heavy atom. The zero-order valence-corrected chi connectivity index (χ0v) is 26.8. The van der Waals surface area contributed by atoms with Crippen LogP contribution >= 0.6 is 0 Å². The van der Waals surface area contributed by atoms with Crippen molar-refractivity contribution in [3.63, 3.8) is 0 Å². The Labute approximate surface area is 259 Å². The summed E-state index contributed by atoms with van der Waals surface area (Å²) in [6, 6.07) is 14.3. The lowest BCUT2D eigenvalue weighted by molar-refractivity contribution is 0.0260. The molecule has 2 amide bonds. The highest BCUT2D eigenvalue weighted by atomic mass is 16.6. The van der Waals surface area contributed by atoms with Crippen molar-refractivity contribution in [1.29, 1.82) is 0 Å². The molecule has 3 heterocycles. The van der Waals surface area contributed by atoms with E-state index in [1.54, 1.807) is 9.80 Å². The standard InChI is InChI=1S/C35H42N4O5/c1-23-22-28(26-16-20-39(21-17-26)33(41)44-35(5,6)7)12-13-29(23)31-37-36-30(42-31)27-10-8-24(9-11-27)25-14-18-38(19-15-25)32(40)43-34(2,3)4/h8-14,16,22H,15,17-21H2,1-7H3. The first-order valence-electron chi connectivity index (χ1n) is 15.2. The molecular formula is C35H42N4O5. The Bertz CT molecular complexity index is 1590. The van der Waals surface area contributed by atoms with Gasteiger partial charge in [-0.05, 0) is 107 Å². The second-order valence-corrected chi connectivity index (χ2v) is 13.3. The van der Waals surface area contributed by atoms with Crippen molar-refractivity contribution < 1.29 is 23.5 Å². The van der Waals surface area contributed by atoms with Crippen molar-refractivity contribution in [2.75, 3.05) is 26.2 Å². The van der Waals surface area contributed by atoms with Gasteiger partial charge in [0.05, 0.1) is 0 Å². The van der Waals surface area contributed by atoms with Gasteiger partial charge in [-0.15, -0.1) is 10.2 Å². The zero-order valence-electron chi connectivity index (χ0n) is 26.8. The van der Waals surface area contributed by atoms with Gasteiger partial charge >= 0.3 is 12.2 Å². The number of amides is 2. The molecule has 0 radical (unpaired) electrons. The van der Waals surface area contributed by atoms with Crippen LogP contribution in [-0.2, 0) is 9.47 Å². The molecule has 3 aromatic rings. The number of carbonyl (C=O) groups excluding carboxylic acids is 2. The maximum absolute atomic E-state index is 12.4. The minimum atomic E-state index is -0.506. The van der Waals surface area contributed by atoms with Gasteiger partial charge in [-0.25, -0.2) is 9.59 Å². The monoisotopic (exact) mass is 598 g/mol. The molecule has 0 spiro atoms. The van der Waals surface area contributed by atoms with E-state index in [-0.39, 0.29) is 12.2 Å². The number of benzene rings is 2. The maximum Gasteiger partial charge on any atom is 0.410 e. The van der Waals surface area contributed by atoms with Crippen molar-refractivity contribution in [2.24, 2.45) is 0 Å². The highest BCUT2D eigenvalue weighted by Gasteiger charge is 2.25. The van der Waals surface area contributed by atoms with Crippen molar-refractivity contribution in [3.05, 3.63) is 71.3 Å². The Kier molecular flexibility index (Phi) is 8.68. The Hall–Kier alpha value is -4.40. The molecule has 2 aromatic carbocycles. The largest absolute Gasteiger partial charge is 0.444 e. The van der Waals surface area contributed by atoms with E-state index in [1.807, 2.05) is 66.7 Å². The molecule has 5 rings (SSSR count). The van der Waals surface area contributed by atoms with Gasteiger partial charge in [0.15, 0.2) is 0 Å². The number of aromatic nitrogens is 2. The van der Waals surface area contributed by atoms with Crippen molar-refractivity contribution >= 4 is 23.3 Å². The van der Waals surface area contributed by atoms with E-state index in [4.69, 9.17) is 13.9 Å². The summed E-state index contributed by atoms with van der Waals surface area (Å²) in [5.74, 6) is 0.931. The van der Waals surface area contributed by atoms with E-state index in [0.717, 1.165) is 40.7 Å². The number of rotatable bonds is 4. The smallest absolute Gasteiger partial charge is 0.410 e. The van der Waals surface area contributed by atoms with Crippen LogP contribution in [0.1, 0.15) is 71.1 Å². The van der Waals surface area contributed by atoms with E-state index in [9.17, 15) is 9.59 Å². The van der Waals surface area contributed by atoms with Gasteiger partial charge in [-0.2, -0.15) is 0 Å². The van der Waals surface area contributed by atoms with Crippen LogP contribution in [-0.4, -0.2) is 69.6 Å². The van der Waals surface area contributed by atoms with Crippen molar-refractivity contribution in [1.82, 2.24) is 20.0 Å². The lowest BCUT2D eigenvalue weighted by Crippen LogP contribution is -2.39. The van der Waals surface area contributed by atoms with Crippen LogP contribution in [0.4, 0.5) is 9.59 Å². The summed E-state index contributed by atoms with van der Waals surface area (Å²) in [6.45, 7) is 15.6. The third-order valence-corrected chi connectivity index (χ3v) is 7.48. The highest BCUT2D eigenvalue weighted by molar-refractivity contribution is 5.75. The highest BCUT2D eigenvalue weighted by Crippen LogP contribution is 2.31. The molecule has 1 aromatic heterocycles. The average Bonchev–Trinajstić information content (AvgIpc) is 3.46. The maximum atomic E-state index is 12.4. The molecule has 0 fully saturated rings. The van der Waals surface area contributed by atoms with Gasteiger partial charge in [0, 0.05) is 37.3 Å². The Morgan fingerprint density at radius 1 is 0.705 bits per heavy atom. The summed E-state index contributed by atoms with van der Waals surface area (Å²) in [4.78, 5) is 28.2. The van der Waals surface area contributed by atoms with Gasteiger partial charge in [-0.3, -0.25) is 0 Å². The Morgan fingerprint density at radius 2 is 1.18 bits per heavy atom. The lowest BCUT2D eigenvalue weighted by atomic mass is 9.96. The van der Waals surface area contributed by atoms with Gasteiger partial charge in [0.25, 0.3) is 0 Å². The normalized spacial score (nSPS) is 15.9. The van der Waals surface area contributed by atoms with Gasteiger partial charge < -0.3 is 23.7 Å². The van der Waals surface area contributed by atoms with E-state index in [2.05, 4.69) is 46.6 Å². The van der Waals surface area contributed by atoms with Crippen LogP contribution in [0.25, 0.3) is 34.1 Å². The second kappa shape index (κ2) is 12.3. The van der Waals surface area contributed by atoms with E-state index in [0.29, 0.717) is 38.0 Å². The molecule has 2 aliphatic heterocycles. The quantitative estimate of drug-likeness (QED) is 0.303. The molecule has 0 aliphatic carbocycles. The minimum Gasteiger partial charge on any atom is -0.444 e. The van der Waals surface area contributed by atoms with Crippen LogP contribution in [0.2, 0.25) is 0 Å². The van der Waals surface area contributed by atoms with Crippen LogP contribution in [0, 0.1) is 6.92 Å². The van der Waals surface area contributed by atoms with Crippen molar-refractivity contribution in [3.8, 4) is 22.9 Å². The summed E-state index contributed by atoms with van der Waals surface area (Å²) in [6.07, 6.45) is 5.14. The fourth-order valence-corrected chi connectivity index (χ4v) is 5.23. The summed E-state index contributed by atoms with van der Waals surface area (Å²) in [5.41, 5.74) is 6.39. The average molecular weight is 599 g/mol. The number of carbonyl (C=O) groups is 2. The predicted molar refractivity (Wildman–Crippen MR) is 171 cm³/mol. The van der Waals surface area contributed by atoms with Crippen molar-refractivity contribution in [2.45, 2.75) is 72.5 Å². The van der Waals surface area contributed by atoms with E-state index in [1.165, 1.54) is 11.1 Å². The number of hydrogen-bond acceptors (Lipinski definition) is 7. The molecule has 9 heteroatoms. The number of nitrogens with zero attached hydrogens (tertiary/aromatic N) is 4. The third-order valence-electron chi connectivity index (χ3n) is 7.48. The summed E-state index contributed by atoms with van der Waals surface area (Å²) >= 11 is 0. The molecule has 232 valence electrons. The molecule has 0 N–H and O–H groups in total. The lowest BCUT2D eigenvalue weighted by Gasteiger charge is -2.29. The zero-order chi connectivity index (χ0) is 31.6. The fourth-order valence-electron chi connectivity index (χ4n) is 5.23. The molecule has 0 saturated heterocycles. The summed E-state index contributed by atoms with van der Waals surface area (Å²) < 4.78 is 17.1. The number of aryl methyl sites for hydroxylation is 1. The molecule has 44 heavy (non-hydrogen) atoms. The first kappa shape index (κ1) is 31.0. The summed E-state index contributed by atoms with van der Waals surface area (Å²) in [7, 11) is 0. The third kappa shape index (κ3) is 7.56. The summed E-state index contributed by atoms with van der Waals surface area (Å²) in [5, 5.41) is 8.65. The molecule has 0 bridgehead atoms. The SMILES string of the molecule is Cc1cc(C2=CCN(C(=O)OC(C)(C)C)CC2)ccc1-c1nnc(-c2ccc(C3=CCN(C(=O)OC(C)(C)C)CC3)cc2)o1. The van der Waals surface area contributed by atoms with E-state index < -0.39 is 11.2 Å². The van der Waals surface area contributed by atoms with Crippen LogP contribution in [0.3, 0.4) is 0 Å². The topological polar surface area (TPSA) is 98.0 Å². The minimum absolute atomic E-state index is 0.279. The fraction of sp³-hybridized carbons (Fsp3) is 0.429. The molecule has 0 atom stereocenters. The number of hydrogen-bond donors (Lipinski definition) is 0. The first-order chi connectivity index (χ1) is 20.8. The predicted octanol–water partition coefficient (Wildman–Crippen LogP) is 7.76. The van der Waals surface area contributed by atoms with Gasteiger partial charge in [0.1, 0.15) is 11.2 Å². The van der Waals surface area contributed by atoms with Crippen LogP contribution in [0.15, 0.2) is 59.0 Å². The van der Waals surface area contributed by atoms with Crippen LogP contribution in [0.5, 0.6) is 0 Å². The molecule has 0 saturated carbocycles.